The van der Waals surface area contributed by atoms with Crippen molar-refractivity contribution in [3.05, 3.63) is 47.4 Å². The Morgan fingerprint density at radius 1 is 1.00 bits per heavy atom. The quantitative estimate of drug-likeness (QED) is 0.851. The van der Waals surface area contributed by atoms with Gasteiger partial charge in [0.15, 0.2) is 0 Å². The van der Waals surface area contributed by atoms with Crippen LogP contribution in [0.4, 0.5) is 11.5 Å². The standard InChI is InChI=1S/C15H17ClN4/c1-12-15(18-6-5-17-12)20-9-7-19(8-10-20)14-4-2-3-13(16)11-14/h2-6,11H,7-10H2,1H3. The van der Waals surface area contributed by atoms with E-state index in [0.29, 0.717) is 0 Å². The SMILES string of the molecule is Cc1nccnc1N1CCN(c2cccc(Cl)c2)CC1. The van der Waals surface area contributed by atoms with Crippen LogP contribution >= 0.6 is 11.6 Å². The van der Waals surface area contributed by atoms with Crippen molar-refractivity contribution in [3.63, 3.8) is 0 Å². The smallest absolute Gasteiger partial charge is 0.150 e. The van der Waals surface area contributed by atoms with Crippen LogP contribution in [0.5, 0.6) is 0 Å². The number of halogens is 1. The highest BCUT2D eigenvalue weighted by Gasteiger charge is 2.19. The molecule has 1 fully saturated rings. The van der Waals surface area contributed by atoms with Crippen molar-refractivity contribution < 1.29 is 0 Å². The molecular formula is C15H17ClN4. The summed E-state index contributed by atoms with van der Waals surface area (Å²) in [4.78, 5) is 13.4. The summed E-state index contributed by atoms with van der Waals surface area (Å²) >= 11 is 6.05. The van der Waals surface area contributed by atoms with Crippen LogP contribution in [0.1, 0.15) is 5.69 Å². The molecule has 104 valence electrons. The van der Waals surface area contributed by atoms with E-state index in [2.05, 4.69) is 25.8 Å². The highest BCUT2D eigenvalue weighted by atomic mass is 35.5. The van der Waals surface area contributed by atoms with Crippen LogP contribution in [-0.2, 0) is 0 Å². The van der Waals surface area contributed by atoms with Gasteiger partial charge in [-0.05, 0) is 25.1 Å². The van der Waals surface area contributed by atoms with E-state index in [4.69, 9.17) is 11.6 Å². The first-order chi connectivity index (χ1) is 9.74. The highest BCUT2D eigenvalue weighted by molar-refractivity contribution is 6.30. The van der Waals surface area contributed by atoms with Gasteiger partial charge in [0.1, 0.15) is 5.82 Å². The number of anilines is 2. The molecule has 2 heterocycles. The molecule has 1 aliphatic heterocycles. The largest absolute Gasteiger partial charge is 0.368 e. The molecule has 0 aliphatic carbocycles. The summed E-state index contributed by atoms with van der Waals surface area (Å²) in [7, 11) is 0. The van der Waals surface area contributed by atoms with E-state index in [9.17, 15) is 0 Å². The van der Waals surface area contributed by atoms with Crippen molar-refractivity contribution in [2.45, 2.75) is 6.92 Å². The topological polar surface area (TPSA) is 32.3 Å². The minimum absolute atomic E-state index is 0.787. The lowest BCUT2D eigenvalue weighted by Crippen LogP contribution is -2.47. The summed E-state index contributed by atoms with van der Waals surface area (Å²) in [5, 5.41) is 0.787. The van der Waals surface area contributed by atoms with Crippen molar-refractivity contribution in [1.29, 1.82) is 0 Å². The Kier molecular flexibility index (Phi) is 3.74. The van der Waals surface area contributed by atoms with Crippen molar-refractivity contribution in [3.8, 4) is 0 Å². The molecule has 0 spiro atoms. The Morgan fingerprint density at radius 3 is 2.40 bits per heavy atom. The normalized spacial score (nSPS) is 15.5. The van der Waals surface area contributed by atoms with E-state index in [1.54, 1.807) is 12.4 Å². The number of nitrogens with zero attached hydrogens (tertiary/aromatic N) is 4. The van der Waals surface area contributed by atoms with Gasteiger partial charge < -0.3 is 9.80 Å². The molecule has 2 aromatic rings. The first kappa shape index (κ1) is 13.2. The fourth-order valence-corrected chi connectivity index (χ4v) is 2.74. The third-order valence-electron chi connectivity index (χ3n) is 3.61. The van der Waals surface area contributed by atoms with E-state index in [-0.39, 0.29) is 0 Å². The Balaban J connectivity index is 1.70. The average molecular weight is 289 g/mol. The Morgan fingerprint density at radius 2 is 1.70 bits per heavy atom. The third kappa shape index (κ3) is 2.70. The third-order valence-corrected chi connectivity index (χ3v) is 3.84. The van der Waals surface area contributed by atoms with Gasteiger partial charge in [-0.1, -0.05) is 17.7 Å². The van der Waals surface area contributed by atoms with Gasteiger partial charge in [-0.15, -0.1) is 0 Å². The molecule has 3 rings (SSSR count). The first-order valence-electron chi connectivity index (χ1n) is 6.77. The van der Waals surface area contributed by atoms with Crippen molar-refractivity contribution in [2.24, 2.45) is 0 Å². The second-order valence-corrected chi connectivity index (χ2v) is 5.36. The van der Waals surface area contributed by atoms with Gasteiger partial charge in [0, 0.05) is 49.3 Å². The molecule has 1 aromatic carbocycles. The molecule has 5 heteroatoms. The van der Waals surface area contributed by atoms with E-state index < -0.39 is 0 Å². The fraction of sp³-hybridized carbons (Fsp3) is 0.333. The van der Waals surface area contributed by atoms with Gasteiger partial charge in [-0.25, -0.2) is 4.98 Å². The van der Waals surface area contributed by atoms with E-state index >= 15 is 0 Å². The predicted octanol–water partition coefficient (Wildman–Crippen LogP) is 2.77. The number of aromatic nitrogens is 2. The van der Waals surface area contributed by atoms with Gasteiger partial charge in [0.25, 0.3) is 0 Å². The van der Waals surface area contributed by atoms with Crippen molar-refractivity contribution >= 4 is 23.1 Å². The Labute approximate surface area is 124 Å². The summed E-state index contributed by atoms with van der Waals surface area (Å²) < 4.78 is 0. The summed E-state index contributed by atoms with van der Waals surface area (Å²) in [6.07, 6.45) is 3.49. The Hall–Kier alpha value is -1.81. The van der Waals surface area contributed by atoms with Crippen LogP contribution in [-0.4, -0.2) is 36.1 Å². The zero-order valence-corrected chi connectivity index (χ0v) is 12.2. The molecule has 0 bridgehead atoms. The molecular weight excluding hydrogens is 272 g/mol. The van der Waals surface area contributed by atoms with E-state index in [1.165, 1.54) is 5.69 Å². The monoisotopic (exact) mass is 288 g/mol. The lowest BCUT2D eigenvalue weighted by molar-refractivity contribution is 0.644. The van der Waals surface area contributed by atoms with Crippen molar-refractivity contribution in [1.82, 2.24) is 9.97 Å². The van der Waals surface area contributed by atoms with Crippen LogP contribution in [0.25, 0.3) is 0 Å². The summed E-state index contributed by atoms with van der Waals surface area (Å²) in [6.45, 7) is 5.84. The first-order valence-corrected chi connectivity index (χ1v) is 7.15. The van der Waals surface area contributed by atoms with Crippen LogP contribution in [0.3, 0.4) is 0 Å². The molecule has 0 amide bonds. The van der Waals surface area contributed by atoms with Gasteiger partial charge in [0.2, 0.25) is 0 Å². The van der Waals surface area contributed by atoms with E-state index in [1.807, 2.05) is 25.1 Å². The maximum atomic E-state index is 6.05. The van der Waals surface area contributed by atoms with Gasteiger partial charge in [-0.3, -0.25) is 4.98 Å². The Bertz CT molecular complexity index is 594. The van der Waals surface area contributed by atoms with Crippen LogP contribution in [0, 0.1) is 6.92 Å². The van der Waals surface area contributed by atoms with Crippen molar-refractivity contribution in [2.75, 3.05) is 36.0 Å². The van der Waals surface area contributed by atoms with Gasteiger partial charge >= 0.3 is 0 Å². The molecule has 20 heavy (non-hydrogen) atoms. The molecule has 4 nitrogen and oxygen atoms in total. The molecule has 1 aromatic heterocycles. The number of hydrogen-bond donors (Lipinski definition) is 0. The molecule has 1 saturated heterocycles. The van der Waals surface area contributed by atoms with Crippen LogP contribution in [0.15, 0.2) is 36.7 Å². The number of aryl methyl sites for hydroxylation is 1. The second-order valence-electron chi connectivity index (χ2n) is 4.92. The lowest BCUT2D eigenvalue weighted by atomic mass is 10.2. The molecule has 0 saturated carbocycles. The zero-order chi connectivity index (χ0) is 13.9. The van der Waals surface area contributed by atoms with Crippen LogP contribution in [0.2, 0.25) is 5.02 Å². The number of rotatable bonds is 2. The summed E-state index contributed by atoms with van der Waals surface area (Å²) in [6, 6.07) is 8.03. The number of piperazine rings is 1. The van der Waals surface area contributed by atoms with Gasteiger partial charge in [0.05, 0.1) is 5.69 Å². The molecule has 0 radical (unpaired) electrons. The second kappa shape index (κ2) is 5.67. The minimum atomic E-state index is 0.787. The average Bonchev–Trinajstić information content (AvgIpc) is 2.48. The number of hydrogen-bond acceptors (Lipinski definition) is 4. The molecule has 0 unspecified atom stereocenters. The van der Waals surface area contributed by atoms with E-state index in [0.717, 1.165) is 42.7 Å². The fourth-order valence-electron chi connectivity index (χ4n) is 2.56. The maximum absolute atomic E-state index is 6.05. The predicted molar refractivity (Wildman–Crippen MR) is 82.6 cm³/mol. The minimum Gasteiger partial charge on any atom is -0.368 e. The van der Waals surface area contributed by atoms with Crippen LogP contribution < -0.4 is 9.80 Å². The lowest BCUT2D eigenvalue weighted by Gasteiger charge is -2.37. The zero-order valence-electron chi connectivity index (χ0n) is 11.5. The molecule has 0 atom stereocenters. The summed E-state index contributed by atoms with van der Waals surface area (Å²) in [5.41, 5.74) is 2.18. The maximum Gasteiger partial charge on any atom is 0.150 e. The number of benzene rings is 1. The summed E-state index contributed by atoms with van der Waals surface area (Å²) in [5.74, 6) is 0.998. The van der Waals surface area contributed by atoms with Gasteiger partial charge in [-0.2, -0.15) is 0 Å². The molecule has 0 N–H and O–H groups in total. The highest BCUT2D eigenvalue weighted by Crippen LogP contribution is 2.22. The molecule has 1 aliphatic rings.